The molecule has 0 unspecified atom stereocenters. The third-order valence-electron chi connectivity index (χ3n) is 11.7. The maximum atomic E-state index is 12.8. The Kier molecular flexibility index (Phi) is 50.9. The second kappa shape index (κ2) is 53.5. The summed E-state index contributed by atoms with van der Waals surface area (Å²) in [4.78, 5) is 38.0. The minimum atomic E-state index is -0.790. The summed E-state index contributed by atoms with van der Waals surface area (Å²) in [6.07, 6.45) is 67.5. The summed E-state index contributed by atoms with van der Waals surface area (Å²) in [5.41, 5.74) is 0. The van der Waals surface area contributed by atoms with Crippen molar-refractivity contribution >= 4 is 17.9 Å². The predicted octanol–water partition coefficient (Wildman–Crippen LogP) is 18.2. The average Bonchev–Trinajstić information content (AvgIpc) is 3.30. The molecule has 0 saturated heterocycles. The fourth-order valence-corrected chi connectivity index (χ4v) is 7.57. The minimum absolute atomic E-state index is 0.0888. The molecule has 0 fully saturated rings. The average molecular weight is 907 g/mol. The van der Waals surface area contributed by atoms with Gasteiger partial charge in [0.15, 0.2) is 6.10 Å². The minimum Gasteiger partial charge on any atom is -0.462 e. The van der Waals surface area contributed by atoms with Crippen molar-refractivity contribution in [2.45, 2.75) is 271 Å². The third kappa shape index (κ3) is 51.7. The van der Waals surface area contributed by atoms with Gasteiger partial charge in [-0.25, -0.2) is 0 Å². The molecule has 6 nitrogen and oxygen atoms in total. The van der Waals surface area contributed by atoms with Gasteiger partial charge < -0.3 is 14.2 Å². The largest absolute Gasteiger partial charge is 0.462 e. The Balaban J connectivity index is 4.40. The summed E-state index contributed by atoms with van der Waals surface area (Å²) < 4.78 is 16.8. The first kappa shape index (κ1) is 61.9. The summed E-state index contributed by atoms with van der Waals surface area (Å²) in [5, 5.41) is 0. The number of rotatable bonds is 49. The Bertz CT molecular complexity index is 1230. The summed E-state index contributed by atoms with van der Waals surface area (Å²) in [7, 11) is 0. The van der Waals surface area contributed by atoms with Crippen LogP contribution in [0.1, 0.15) is 265 Å². The van der Waals surface area contributed by atoms with Crippen LogP contribution in [0, 0.1) is 0 Å². The number of esters is 3. The smallest absolute Gasteiger partial charge is 0.306 e. The summed E-state index contributed by atoms with van der Waals surface area (Å²) in [6, 6.07) is 0. The topological polar surface area (TPSA) is 78.9 Å². The SMILES string of the molecule is CC/C=C\C/C=C\C/C=C\C/C=C\C/C=C\CCCCCC(=O)OC[C@H](COC(=O)CCCCCCC/C=C\CCCC)OC(=O)CCCCCCCCCCCCCCCCCCC. The lowest BCUT2D eigenvalue weighted by Crippen LogP contribution is -2.30. The zero-order valence-electron chi connectivity index (χ0n) is 42.7. The van der Waals surface area contributed by atoms with Crippen molar-refractivity contribution in [2.24, 2.45) is 0 Å². The number of carbonyl (C=O) groups is 3. The molecule has 0 aliphatic rings. The van der Waals surface area contributed by atoms with E-state index in [-0.39, 0.29) is 31.1 Å². The van der Waals surface area contributed by atoms with Crippen molar-refractivity contribution in [3.63, 3.8) is 0 Å². The van der Waals surface area contributed by atoms with Crippen molar-refractivity contribution in [3.05, 3.63) is 72.9 Å². The molecule has 0 bridgehead atoms. The Morgan fingerprint density at radius 1 is 0.323 bits per heavy atom. The van der Waals surface area contributed by atoms with E-state index in [1.165, 1.54) is 122 Å². The van der Waals surface area contributed by atoms with Gasteiger partial charge in [0.2, 0.25) is 0 Å². The van der Waals surface area contributed by atoms with Crippen LogP contribution in [-0.4, -0.2) is 37.2 Å². The van der Waals surface area contributed by atoms with Gasteiger partial charge in [-0.3, -0.25) is 14.4 Å². The lowest BCUT2D eigenvalue weighted by atomic mass is 10.0. The van der Waals surface area contributed by atoms with E-state index < -0.39 is 6.10 Å². The molecule has 0 aromatic carbocycles. The van der Waals surface area contributed by atoms with Gasteiger partial charge in [-0.2, -0.15) is 0 Å². The summed E-state index contributed by atoms with van der Waals surface area (Å²) >= 11 is 0. The molecule has 0 N–H and O–H groups in total. The van der Waals surface area contributed by atoms with Gasteiger partial charge in [-0.1, -0.05) is 235 Å². The standard InChI is InChI=1S/C59H102O6/c1-4-7-10-13-16-19-22-24-26-28-29-31-32-34-37-40-43-46-49-52-58(61)64-55-56(54-63-57(60)51-48-45-42-39-36-21-18-15-12-9-6-3)65-59(62)53-50-47-44-41-38-35-33-30-27-25-23-20-17-14-11-8-5-2/h7,10,15-16,18-19,24,26,29,31,34,37,56H,4-6,8-9,11-14,17,20-23,25,27-28,30,32-33,35-36,38-55H2,1-3H3/b10-7-,18-15-,19-16-,26-24-,31-29-,37-34-/t56-/m0/s1. The Hall–Kier alpha value is -3.15. The van der Waals surface area contributed by atoms with Gasteiger partial charge in [0.25, 0.3) is 0 Å². The molecule has 0 heterocycles. The molecular formula is C59H102O6. The number of ether oxygens (including phenoxy) is 3. The first-order valence-electron chi connectivity index (χ1n) is 27.4. The third-order valence-corrected chi connectivity index (χ3v) is 11.7. The van der Waals surface area contributed by atoms with Crippen molar-refractivity contribution < 1.29 is 28.6 Å². The van der Waals surface area contributed by atoms with E-state index in [9.17, 15) is 14.4 Å². The second-order valence-electron chi connectivity index (χ2n) is 18.1. The van der Waals surface area contributed by atoms with Crippen molar-refractivity contribution in [2.75, 3.05) is 13.2 Å². The first-order valence-corrected chi connectivity index (χ1v) is 27.4. The van der Waals surface area contributed by atoms with Gasteiger partial charge in [0.1, 0.15) is 13.2 Å². The van der Waals surface area contributed by atoms with E-state index in [1.807, 2.05) is 0 Å². The van der Waals surface area contributed by atoms with Crippen LogP contribution < -0.4 is 0 Å². The molecule has 6 heteroatoms. The second-order valence-corrected chi connectivity index (χ2v) is 18.1. The fraction of sp³-hybridized carbons (Fsp3) is 0.746. The first-order chi connectivity index (χ1) is 32.0. The van der Waals surface area contributed by atoms with E-state index in [0.717, 1.165) is 103 Å². The lowest BCUT2D eigenvalue weighted by molar-refractivity contribution is -0.167. The molecule has 0 aliphatic heterocycles. The number of hydrogen-bond donors (Lipinski definition) is 0. The van der Waals surface area contributed by atoms with E-state index in [1.54, 1.807) is 0 Å². The van der Waals surface area contributed by atoms with Gasteiger partial charge >= 0.3 is 17.9 Å². The zero-order chi connectivity index (χ0) is 47.2. The van der Waals surface area contributed by atoms with E-state index in [2.05, 4.69) is 93.7 Å². The molecule has 0 aromatic rings. The molecule has 0 amide bonds. The normalized spacial score (nSPS) is 12.6. The number of hydrogen-bond acceptors (Lipinski definition) is 6. The van der Waals surface area contributed by atoms with Gasteiger partial charge in [-0.15, -0.1) is 0 Å². The monoisotopic (exact) mass is 907 g/mol. The van der Waals surface area contributed by atoms with Gasteiger partial charge in [-0.05, 0) is 83.5 Å². The number of allylic oxidation sites excluding steroid dienone is 12. The van der Waals surface area contributed by atoms with Crippen LogP contribution in [0.25, 0.3) is 0 Å². The Morgan fingerprint density at radius 2 is 0.615 bits per heavy atom. The van der Waals surface area contributed by atoms with Crippen molar-refractivity contribution in [1.29, 1.82) is 0 Å². The molecule has 374 valence electrons. The zero-order valence-corrected chi connectivity index (χ0v) is 42.7. The van der Waals surface area contributed by atoms with Crippen LogP contribution in [0.15, 0.2) is 72.9 Å². The molecular weight excluding hydrogens is 805 g/mol. The van der Waals surface area contributed by atoms with Crippen molar-refractivity contribution in [3.8, 4) is 0 Å². The maximum Gasteiger partial charge on any atom is 0.306 e. The van der Waals surface area contributed by atoms with Crippen LogP contribution in [-0.2, 0) is 28.6 Å². The molecule has 65 heavy (non-hydrogen) atoms. The van der Waals surface area contributed by atoms with Crippen LogP contribution in [0.2, 0.25) is 0 Å². The molecule has 0 saturated carbocycles. The van der Waals surface area contributed by atoms with Crippen LogP contribution in [0.3, 0.4) is 0 Å². The quantitative estimate of drug-likeness (QED) is 0.0262. The summed E-state index contributed by atoms with van der Waals surface area (Å²) in [6.45, 7) is 6.47. The highest BCUT2D eigenvalue weighted by molar-refractivity contribution is 5.71. The molecule has 0 aromatic heterocycles. The molecule has 0 aliphatic carbocycles. The number of unbranched alkanes of at least 4 members (excludes halogenated alkanes) is 26. The molecule has 0 rings (SSSR count). The molecule has 0 radical (unpaired) electrons. The van der Waals surface area contributed by atoms with E-state index >= 15 is 0 Å². The Morgan fingerprint density at radius 3 is 1.02 bits per heavy atom. The van der Waals surface area contributed by atoms with Crippen LogP contribution >= 0.6 is 0 Å². The highest BCUT2D eigenvalue weighted by Crippen LogP contribution is 2.16. The van der Waals surface area contributed by atoms with Crippen molar-refractivity contribution in [1.82, 2.24) is 0 Å². The fourth-order valence-electron chi connectivity index (χ4n) is 7.57. The van der Waals surface area contributed by atoms with E-state index in [4.69, 9.17) is 14.2 Å². The van der Waals surface area contributed by atoms with Gasteiger partial charge in [0.05, 0.1) is 0 Å². The molecule has 1 atom stereocenters. The highest BCUT2D eigenvalue weighted by atomic mass is 16.6. The lowest BCUT2D eigenvalue weighted by Gasteiger charge is -2.18. The summed E-state index contributed by atoms with van der Waals surface area (Å²) in [5.74, 6) is -0.924. The van der Waals surface area contributed by atoms with E-state index in [0.29, 0.717) is 19.3 Å². The number of carbonyl (C=O) groups excluding carboxylic acids is 3. The van der Waals surface area contributed by atoms with Crippen LogP contribution in [0.4, 0.5) is 0 Å². The molecule has 0 spiro atoms. The van der Waals surface area contributed by atoms with Crippen LogP contribution in [0.5, 0.6) is 0 Å². The highest BCUT2D eigenvalue weighted by Gasteiger charge is 2.19. The predicted molar refractivity (Wildman–Crippen MR) is 279 cm³/mol. The maximum absolute atomic E-state index is 12.8. The van der Waals surface area contributed by atoms with Gasteiger partial charge in [0, 0.05) is 19.3 Å². The Labute approximate surface area is 402 Å².